The molecule has 118 valence electrons. The molecule has 1 N–H and O–H groups in total. The van der Waals surface area contributed by atoms with Gasteiger partial charge in [-0.15, -0.1) is 0 Å². The molecule has 0 amide bonds. The average molecular weight is 295 g/mol. The van der Waals surface area contributed by atoms with E-state index in [4.69, 9.17) is 9.47 Å². The Kier molecular flexibility index (Phi) is 5.73. The molecule has 3 nitrogen and oxygen atoms in total. The van der Waals surface area contributed by atoms with Gasteiger partial charge in [0.1, 0.15) is 5.82 Å². The quantitative estimate of drug-likeness (QED) is 0.873. The highest BCUT2D eigenvalue weighted by molar-refractivity contribution is 5.20. The van der Waals surface area contributed by atoms with Crippen molar-refractivity contribution < 1.29 is 13.9 Å². The second kappa shape index (κ2) is 7.34. The third kappa shape index (κ3) is 5.38. The van der Waals surface area contributed by atoms with Crippen LogP contribution >= 0.6 is 0 Å². The highest BCUT2D eigenvalue weighted by atomic mass is 19.1. The van der Waals surface area contributed by atoms with Crippen molar-refractivity contribution in [2.45, 2.75) is 38.8 Å². The van der Waals surface area contributed by atoms with E-state index in [0.29, 0.717) is 24.6 Å². The first-order valence-electron chi connectivity index (χ1n) is 7.64. The summed E-state index contributed by atoms with van der Waals surface area (Å²) in [4.78, 5) is 0. The molecular formula is C17H26FNO2. The van der Waals surface area contributed by atoms with Crippen LogP contribution in [0.4, 0.5) is 4.39 Å². The molecule has 0 bridgehead atoms. The first kappa shape index (κ1) is 16.4. The summed E-state index contributed by atoms with van der Waals surface area (Å²) < 4.78 is 25.4. The van der Waals surface area contributed by atoms with Crippen molar-refractivity contribution in [3.8, 4) is 0 Å². The number of hydrogen-bond acceptors (Lipinski definition) is 3. The summed E-state index contributed by atoms with van der Waals surface area (Å²) >= 11 is 0. The average Bonchev–Trinajstić information content (AvgIpc) is 2.92. The lowest BCUT2D eigenvalue weighted by molar-refractivity contribution is 0.0203. The van der Waals surface area contributed by atoms with E-state index < -0.39 is 0 Å². The summed E-state index contributed by atoms with van der Waals surface area (Å²) in [6.45, 7) is 9.04. The Bertz CT molecular complexity index is 439. The van der Waals surface area contributed by atoms with Crippen molar-refractivity contribution in [2.75, 3.05) is 26.4 Å². The number of halogens is 1. The molecule has 1 aromatic rings. The summed E-state index contributed by atoms with van der Waals surface area (Å²) in [5.41, 5.74) is 0.594. The van der Waals surface area contributed by atoms with E-state index in [9.17, 15) is 4.39 Å². The largest absolute Gasteiger partial charge is 0.381 e. The van der Waals surface area contributed by atoms with Crippen molar-refractivity contribution in [3.63, 3.8) is 0 Å². The third-order valence-corrected chi connectivity index (χ3v) is 3.63. The van der Waals surface area contributed by atoms with Crippen molar-refractivity contribution in [1.29, 1.82) is 0 Å². The Morgan fingerprint density at radius 2 is 2.14 bits per heavy atom. The Labute approximate surface area is 126 Å². The fourth-order valence-electron chi connectivity index (χ4n) is 2.36. The van der Waals surface area contributed by atoms with Crippen LogP contribution < -0.4 is 5.32 Å². The Morgan fingerprint density at radius 1 is 1.38 bits per heavy atom. The van der Waals surface area contributed by atoms with Gasteiger partial charge in [0.15, 0.2) is 0 Å². The van der Waals surface area contributed by atoms with E-state index >= 15 is 0 Å². The standard InChI is InChI=1S/C17H26FNO2/c1-17(2,3)19-10-16(14-6-4-5-7-15(14)18)21-12-13-8-9-20-11-13/h4-7,13,16,19H,8-12H2,1-3H3. The highest BCUT2D eigenvalue weighted by Gasteiger charge is 2.22. The van der Waals surface area contributed by atoms with Crippen LogP contribution in [0.25, 0.3) is 0 Å². The van der Waals surface area contributed by atoms with E-state index in [1.165, 1.54) is 6.07 Å². The van der Waals surface area contributed by atoms with Gasteiger partial charge < -0.3 is 14.8 Å². The minimum atomic E-state index is -0.272. The van der Waals surface area contributed by atoms with E-state index in [2.05, 4.69) is 26.1 Å². The molecule has 2 unspecified atom stereocenters. The molecule has 1 fully saturated rings. The molecule has 21 heavy (non-hydrogen) atoms. The molecule has 4 heteroatoms. The van der Waals surface area contributed by atoms with Crippen molar-refractivity contribution in [2.24, 2.45) is 5.92 Å². The molecule has 0 aromatic heterocycles. The number of rotatable bonds is 6. The van der Waals surface area contributed by atoms with E-state index in [0.717, 1.165) is 19.6 Å². The SMILES string of the molecule is CC(C)(C)NCC(OCC1CCOC1)c1ccccc1F. The van der Waals surface area contributed by atoms with Gasteiger partial charge in [-0.25, -0.2) is 4.39 Å². The van der Waals surface area contributed by atoms with E-state index in [1.807, 2.05) is 6.07 Å². The van der Waals surface area contributed by atoms with Gasteiger partial charge in [-0.05, 0) is 33.3 Å². The van der Waals surface area contributed by atoms with Gasteiger partial charge in [-0.2, -0.15) is 0 Å². The number of nitrogens with one attached hydrogen (secondary N) is 1. The molecule has 2 rings (SSSR count). The zero-order valence-electron chi connectivity index (χ0n) is 13.2. The molecule has 2 atom stereocenters. The molecule has 0 saturated carbocycles. The van der Waals surface area contributed by atoms with Crippen LogP contribution in [0.3, 0.4) is 0 Å². The molecule has 1 saturated heterocycles. The van der Waals surface area contributed by atoms with Gasteiger partial charge in [0.05, 0.1) is 19.3 Å². The Balaban J connectivity index is 2.00. The predicted octanol–water partition coefficient (Wildman–Crippen LogP) is 3.31. The summed E-state index contributed by atoms with van der Waals surface area (Å²) in [7, 11) is 0. The molecule has 0 radical (unpaired) electrons. The van der Waals surface area contributed by atoms with Gasteiger partial charge in [0.2, 0.25) is 0 Å². The predicted molar refractivity (Wildman–Crippen MR) is 81.8 cm³/mol. The second-order valence-electron chi connectivity index (χ2n) is 6.70. The molecule has 0 spiro atoms. The lowest BCUT2D eigenvalue weighted by Gasteiger charge is -2.26. The van der Waals surface area contributed by atoms with Crippen LogP contribution in [-0.2, 0) is 9.47 Å². The summed E-state index contributed by atoms with van der Waals surface area (Å²) in [5.74, 6) is 0.217. The monoisotopic (exact) mass is 295 g/mol. The molecule has 1 heterocycles. The maximum absolute atomic E-state index is 14.0. The summed E-state index contributed by atoms with van der Waals surface area (Å²) in [6, 6.07) is 6.85. The van der Waals surface area contributed by atoms with Gasteiger partial charge in [0, 0.05) is 30.2 Å². The lowest BCUT2D eigenvalue weighted by atomic mass is 10.0. The van der Waals surface area contributed by atoms with Gasteiger partial charge in [-0.3, -0.25) is 0 Å². The second-order valence-corrected chi connectivity index (χ2v) is 6.70. The topological polar surface area (TPSA) is 30.5 Å². The van der Waals surface area contributed by atoms with E-state index in [-0.39, 0.29) is 17.5 Å². The normalized spacial score (nSPS) is 20.7. The van der Waals surface area contributed by atoms with Crippen molar-refractivity contribution in [1.82, 2.24) is 5.32 Å². The zero-order chi connectivity index (χ0) is 15.3. The first-order valence-corrected chi connectivity index (χ1v) is 7.64. The molecule has 1 aliphatic rings. The maximum Gasteiger partial charge on any atom is 0.129 e. The van der Waals surface area contributed by atoms with Crippen molar-refractivity contribution >= 4 is 0 Å². The number of ether oxygens (including phenoxy) is 2. The smallest absolute Gasteiger partial charge is 0.129 e. The van der Waals surface area contributed by atoms with Gasteiger partial charge in [0.25, 0.3) is 0 Å². The highest BCUT2D eigenvalue weighted by Crippen LogP contribution is 2.23. The minimum absolute atomic E-state index is 0.0245. The Hall–Kier alpha value is -0.970. The lowest BCUT2D eigenvalue weighted by Crippen LogP contribution is -2.39. The Morgan fingerprint density at radius 3 is 2.76 bits per heavy atom. The fourth-order valence-corrected chi connectivity index (χ4v) is 2.36. The third-order valence-electron chi connectivity index (χ3n) is 3.63. The van der Waals surface area contributed by atoms with Crippen LogP contribution in [0.5, 0.6) is 0 Å². The number of benzene rings is 1. The maximum atomic E-state index is 14.0. The zero-order valence-corrected chi connectivity index (χ0v) is 13.2. The molecule has 1 aromatic carbocycles. The molecule has 1 aliphatic heterocycles. The van der Waals surface area contributed by atoms with Crippen LogP contribution in [0.2, 0.25) is 0 Å². The summed E-state index contributed by atoms with van der Waals surface area (Å²) in [5, 5.41) is 3.40. The first-order chi connectivity index (χ1) is 9.96. The number of hydrogen-bond donors (Lipinski definition) is 1. The van der Waals surface area contributed by atoms with Crippen LogP contribution in [0.1, 0.15) is 38.9 Å². The molecule has 0 aliphatic carbocycles. The van der Waals surface area contributed by atoms with Crippen molar-refractivity contribution in [3.05, 3.63) is 35.6 Å². The van der Waals surface area contributed by atoms with Crippen LogP contribution in [0.15, 0.2) is 24.3 Å². The van der Waals surface area contributed by atoms with Crippen LogP contribution in [0, 0.1) is 11.7 Å². The van der Waals surface area contributed by atoms with Gasteiger partial charge >= 0.3 is 0 Å². The minimum Gasteiger partial charge on any atom is -0.381 e. The van der Waals surface area contributed by atoms with E-state index in [1.54, 1.807) is 12.1 Å². The summed E-state index contributed by atoms with van der Waals surface area (Å²) in [6.07, 6.45) is 0.752. The molecular weight excluding hydrogens is 269 g/mol. The van der Waals surface area contributed by atoms with Crippen LogP contribution in [-0.4, -0.2) is 31.9 Å². The fraction of sp³-hybridized carbons (Fsp3) is 0.647. The van der Waals surface area contributed by atoms with Gasteiger partial charge in [-0.1, -0.05) is 18.2 Å².